The molecule has 3 aromatic rings. The van der Waals surface area contributed by atoms with Crippen LogP contribution in [0.15, 0.2) is 54.6 Å². The molecule has 4 rings (SSSR count). The lowest BCUT2D eigenvalue weighted by atomic mass is 9.93. The van der Waals surface area contributed by atoms with Gasteiger partial charge in [0.15, 0.2) is 0 Å². The quantitative estimate of drug-likeness (QED) is 0.433. The lowest BCUT2D eigenvalue weighted by Gasteiger charge is -2.43. The molecule has 2 heterocycles. The van der Waals surface area contributed by atoms with Crippen molar-refractivity contribution in [2.24, 2.45) is 5.92 Å². The van der Waals surface area contributed by atoms with E-state index >= 15 is 0 Å². The molecule has 1 atom stereocenters. The van der Waals surface area contributed by atoms with E-state index in [0.717, 1.165) is 29.0 Å². The summed E-state index contributed by atoms with van der Waals surface area (Å²) in [6.07, 6.45) is 0.873. The lowest BCUT2D eigenvalue weighted by Crippen LogP contribution is -2.63. The van der Waals surface area contributed by atoms with Crippen molar-refractivity contribution in [2.75, 3.05) is 13.7 Å². The number of methoxy groups -OCH3 is 1. The highest BCUT2D eigenvalue weighted by molar-refractivity contribution is 6.00. The van der Waals surface area contributed by atoms with Gasteiger partial charge in [0.05, 0.1) is 19.3 Å². The largest absolute Gasteiger partial charge is 0.497 e. The minimum absolute atomic E-state index is 0.168. The Balaban J connectivity index is 1.68. The van der Waals surface area contributed by atoms with Gasteiger partial charge in [0.1, 0.15) is 17.0 Å². The third kappa shape index (κ3) is 5.55. The SMILES string of the molecule is COc1ccc(CN2C(=O)c3cc(-c4ccc(C(C)C)cc4)nn3CC2(C)C(=O)NCCC(C)C)cc1. The van der Waals surface area contributed by atoms with Crippen molar-refractivity contribution in [3.8, 4) is 17.0 Å². The second kappa shape index (κ2) is 10.8. The van der Waals surface area contributed by atoms with Crippen LogP contribution in [0, 0.1) is 5.92 Å². The minimum Gasteiger partial charge on any atom is -0.497 e. The predicted octanol–water partition coefficient (Wildman–Crippen LogP) is 5.26. The molecule has 1 aliphatic heterocycles. The van der Waals surface area contributed by atoms with E-state index in [1.54, 1.807) is 16.7 Å². The first-order valence-corrected chi connectivity index (χ1v) is 13.0. The zero-order valence-corrected chi connectivity index (χ0v) is 22.7. The van der Waals surface area contributed by atoms with Crippen molar-refractivity contribution in [3.05, 3.63) is 71.4 Å². The molecule has 1 aromatic heterocycles. The summed E-state index contributed by atoms with van der Waals surface area (Å²) in [7, 11) is 1.62. The maximum atomic E-state index is 13.9. The fourth-order valence-corrected chi connectivity index (χ4v) is 4.65. The third-order valence-electron chi connectivity index (χ3n) is 7.17. The average Bonchev–Trinajstić information content (AvgIpc) is 3.30. The molecule has 2 aromatic carbocycles. The van der Waals surface area contributed by atoms with Gasteiger partial charge in [0.25, 0.3) is 5.91 Å². The highest BCUT2D eigenvalue weighted by Gasteiger charge is 2.47. The summed E-state index contributed by atoms with van der Waals surface area (Å²) < 4.78 is 6.97. The van der Waals surface area contributed by atoms with Gasteiger partial charge >= 0.3 is 0 Å². The van der Waals surface area contributed by atoms with Crippen molar-refractivity contribution in [1.29, 1.82) is 0 Å². The van der Waals surface area contributed by atoms with E-state index in [2.05, 4.69) is 45.1 Å². The topological polar surface area (TPSA) is 76.5 Å². The Labute approximate surface area is 219 Å². The molecule has 37 heavy (non-hydrogen) atoms. The Morgan fingerprint density at radius 3 is 2.35 bits per heavy atom. The molecule has 1 unspecified atom stereocenters. The van der Waals surface area contributed by atoms with Crippen LogP contribution >= 0.6 is 0 Å². The van der Waals surface area contributed by atoms with Crippen LogP contribution in [-0.2, 0) is 17.9 Å². The van der Waals surface area contributed by atoms with E-state index in [4.69, 9.17) is 9.84 Å². The summed E-state index contributed by atoms with van der Waals surface area (Å²) in [6, 6.07) is 17.7. The average molecular weight is 503 g/mol. The Morgan fingerprint density at radius 1 is 1.08 bits per heavy atom. The van der Waals surface area contributed by atoms with E-state index in [1.807, 2.05) is 49.4 Å². The summed E-state index contributed by atoms with van der Waals surface area (Å²) in [6.45, 7) is 11.6. The van der Waals surface area contributed by atoms with Crippen LogP contribution < -0.4 is 10.1 Å². The number of carbonyl (C=O) groups is 2. The Bertz CT molecular complexity index is 1240. The van der Waals surface area contributed by atoms with E-state index in [1.165, 1.54) is 5.56 Å². The number of nitrogens with zero attached hydrogens (tertiary/aromatic N) is 3. The van der Waals surface area contributed by atoms with Crippen molar-refractivity contribution in [1.82, 2.24) is 20.0 Å². The summed E-state index contributed by atoms with van der Waals surface area (Å²) in [4.78, 5) is 29.1. The number of ether oxygens (including phenoxy) is 1. The van der Waals surface area contributed by atoms with Gasteiger partial charge in [-0.05, 0) is 54.5 Å². The molecule has 0 saturated heterocycles. The minimum atomic E-state index is -1.09. The van der Waals surface area contributed by atoms with Gasteiger partial charge in [-0.3, -0.25) is 14.3 Å². The Hall–Kier alpha value is -3.61. The zero-order chi connectivity index (χ0) is 26.7. The van der Waals surface area contributed by atoms with Crippen LogP contribution in [0.1, 0.15) is 68.6 Å². The normalized spacial score (nSPS) is 17.3. The van der Waals surface area contributed by atoms with Crippen LogP contribution in [0.4, 0.5) is 0 Å². The first-order chi connectivity index (χ1) is 17.6. The Morgan fingerprint density at radius 2 is 1.76 bits per heavy atom. The van der Waals surface area contributed by atoms with Crippen LogP contribution in [0.2, 0.25) is 0 Å². The molecule has 0 saturated carbocycles. The smallest absolute Gasteiger partial charge is 0.273 e. The number of aromatic nitrogens is 2. The Kier molecular flexibility index (Phi) is 7.71. The lowest BCUT2D eigenvalue weighted by molar-refractivity contribution is -0.133. The molecular weight excluding hydrogens is 464 g/mol. The van der Waals surface area contributed by atoms with Crippen molar-refractivity contribution < 1.29 is 14.3 Å². The second-order valence-electron chi connectivity index (χ2n) is 10.8. The fourth-order valence-electron chi connectivity index (χ4n) is 4.65. The standard InChI is InChI=1S/C30H38N4O3/c1-20(2)15-16-31-29(36)30(5)19-34-27(17-26(32-34)24-11-9-23(10-12-24)21(3)4)28(35)33(30)18-22-7-13-25(37-6)14-8-22/h7-14,17,20-21H,15-16,18-19H2,1-6H3,(H,31,36). The van der Waals surface area contributed by atoms with E-state index < -0.39 is 5.54 Å². The maximum absolute atomic E-state index is 13.9. The molecule has 196 valence electrons. The number of amides is 2. The predicted molar refractivity (Wildman–Crippen MR) is 145 cm³/mol. The van der Waals surface area contributed by atoms with Crippen molar-refractivity contribution >= 4 is 11.8 Å². The van der Waals surface area contributed by atoms with Gasteiger partial charge in [-0.2, -0.15) is 5.10 Å². The van der Waals surface area contributed by atoms with Gasteiger partial charge in [-0.1, -0.05) is 64.1 Å². The summed E-state index contributed by atoms with van der Waals surface area (Å²) >= 11 is 0. The molecule has 0 fully saturated rings. The molecule has 0 spiro atoms. The number of hydrogen-bond acceptors (Lipinski definition) is 4. The molecule has 0 aliphatic carbocycles. The fraction of sp³-hybridized carbons (Fsp3) is 0.433. The van der Waals surface area contributed by atoms with Crippen molar-refractivity contribution in [3.63, 3.8) is 0 Å². The summed E-state index contributed by atoms with van der Waals surface area (Å²) in [5.74, 6) is 1.28. The molecule has 2 amide bonds. The number of carbonyl (C=O) groups excluding carboxylic acids is 2. The number of hydrogen-bond donors (Lipinski definition) is 1. The third-order valence-corrected chi connectivity index (χ3v) is 7.17. The molecule has 7 heteroatoms. The zero-order valence-electron chi connectivity index (χ0n) is 22.7. The number of benzene rings is 2. The molecule has 1 aliphatic rings. The van der Waals surface area contributed by atoms with E-state index in [-0.39, 0.29) is 18.4 Å². The second-order valence-corrected chi connectivity index (χ2v) is 10.8. The molecular formula is C30H38N4O3. The first-order valence-electron chi connectivity index (χ1n) is 13.0. The highest BCUT2D eigenvalue weighted by atomic mass is 16.5. The molecule has 7 nitrogen and oxygen atoms in total. The molecule has 1 N–H and O–H groups in total. The van der Waals surface area contributed by atoms with Crippen LogP contribution in [0.3, 0.4) is 0 Å². The van der Waals surface area contributed by atoms with Gasteiger partial charge in [-0.25, -0.2) is 0 Å². The van der Waals surface area contributed by atoms with E-state index in [0.29, 0.717) is 30.6 Å². The van der Waals surface area contributed by atoms with Gasteiger partial charge in [-0.15, -0.1) is 0 Å². The number of fused-ring (bicyclic) bond motifs is 1. The summed E-state index contributed by atoms with van der Waals surface area (Å²) in [5, 5.41) is 7.84. The van der Waals surface area contributed by atoms with Crippen LogP contribution in [0.25, 0.3) is 11.3 Å². The highest BCUT2D eigenvalue weighted by Crippen LogP contribution is 2.32. The molecule has 0 radical (unpaired) electrons. The summed E-state index contributed by atoms with van der Waals surface area (Å²) in [5.41, 5.74) is 3.25. The van der Waals surface area contributed by atoms with Crippen LogP contribution in [0.5, 0.6) is 5.75 Å². The van der Waals surface area contributed by atoms with Gasteiger partial charge in [0.2, 0.25) is 5.91 Å². The number of rotatable bonds is 9. The van der Waals surface area contributed by atoms with E-state index in [9.17, 15) is 9.59 Å². The maximum Gasteiger partial charge on any atom is 0.273 e. The van der Waals surface area contributed by atoms with Crippen LogP contribution in [-0.4, -0.2) is 45.7 Å². The number of nitrogens with one attached hydrogen (secondary N) is 1. The first kappa shape index (κ1) is 26.5. The van der Waals surface area contributed by atoms with Crippen molar-refractivity contribution in [2.45, 2.75) is 65.6 Å². The monoisotopic (exact) mass is 502 g/mol. The van der Waals surface area contributed by atoms with Gasteiger partial charge < -0.3 is 15.0 Å². The van der Waals surface area contributed by atoms with Gasteiger partial charge in [0, 0.05) is 18.7 Å². The molecule has 0 bridgehead atoms.